The topological polar surface area (TPSA) is 33.5 Å². The van der Waals surface area contributed by atoms with Gasteiger partial charge in [-0.2, -0.15) is 11.3 Å². The van der Waals surface area contributed by atoms with Crippen LogP contribution in [0.1, 0.15) is 21.7 Å². The highest BCUT2D eigenvalue weighted by atomic mass is 127. The summed E-state index contributed by atoms with van der Waals surface area (Å²) in [6.45, 7) is 1.04. The molecule has 0 aliphatic heterocycles. The normalized spacial score (nSPS) is 10.6. The summed E-state index contributed by atoms with van der Waals surface area (Å²) in [6, 6.07) is 13.4. The largest absolute Gasteiger partial charge is 0.467 e. The number of nitrogens with zero attached hydrogens (tertiary/aromatic N) is 1. The van der Waals surface area contributed by atoms with E-state index in [1.54, 1.807) is 17.6 Å². The summed E-state index contributed by atoms with van der Waals surface area (Å²) in [5, 5.41) is 4.09. The number of rotatable bonds is 5. The second-order valence-electron chi connectivity index (χ2n) is 4.85. The van der Waals surface area contributed by atoms with Crippen LogP contribution in [0.25, 0.3) is 0 Å². The van der Waals surface area contributed by atoms with Gasteiger partial charge in [0, 0.05) is 10.1 Å². The standard InChI is InChI=1S/C17H14INO2S/c18-16-6-2-1-5-15(16)17(20)19(10-13-7-9-22-12-13)11-14-4-3-8-21-14/h1-9,12H,10-11H2. The molecule has 0 unspecified atom stereocenters. The van der Waals surface area contributed by atoms with Gasteiger partial charge in [-0.3, -0.25) is 4.79 Å². The van der Waals surface area contributed by atoms with Crippen molar-refractivity contribution in [3.63, 3.8) is 0 Å². The van der Waals surface area contributed by atoms with Gasteiger partial charge in [-0.1, -0.05) is 12.1 Å². The average Bonchev–Trinajstić information content (AvgIpc) is 3.20. The molecule has 2 heterocycles. The van der Waals surface area contributed by atoms with Crippen molar-refractivity contribution < 1.29 is 9.21 Å². The molecule has 1 aromatic carbocycles. The minimum absolute atomic E-state index is 0.0209. The lowest BCUT2D eigenvalue weighted by atomic mass is 10.2. The molecule has 0 radical (unpaired) electrons. The summed E-state index contributed by atoms with van der Waals surface area (Å²) < 4.78 is 6.36. The summed E-state index contributed by atoms with van der Waals surface area (Å²) in [5.74, 6) is 0.808. The summed E-state index contributed by atoms with van der Waals surface area (Å²) in [4.78, 5) is 14.7. The maximum atomic E-state index is 12.9. The molecule has 3 aromatic rings. The monoisotopic (exact) mass is 423 g/mol. The molecule has 5 heteroatoms. The van der Waals surface area contributed by atoms with Crippen LogP contribution in [0.15, 0.2) is 63.9 Å². The van der Waals surface area contributed by atoms with Gasteiger partial charge in [0.1, 0.15) is 5.76 Å². The van der Waals surface area contributed by atoms with Gasteiger partial charge in [-0.25, -0.2) is 0 Å². The lowest BCUT2D eigenvalue weighted by molar-refractivity contribution is 0.0717. The Hall–Kier alpha value is -1.60. The zero-order chi connectivity index (χ0) is 15.4. The van der Waals surface area contributed by atoms with Crippen molar-refractivity contribution in [2.24, 2.45) is 0 Å². The van der Waals surface area contributed by atoms with Gasteiger partial charge in [0.15, 0.2) is 0 Å². The second-order valence-corrected chi connectivity index (χ2v) is 6.79. The zero-order valence-corrected chi connectivity index (χ0v) is 14.7. The van der Waals surface area contributed by atoms with Gasteiger partial charge >= 0.3 is 0 Å². The Morgan fingerprint density at radius 2 is 2.00 bits per heavy atom. The fraction of sp³-hybridized carbons (Fsp3) is 0.118. The third-order valence-corrected chi connectivity index (χ3v) is 4.94. The molecule has 0 saturated carbocycles. The zero-order valence-electron chi connectivity index (χ0n) is 11.7. The van der Waals surface area contributed by atoms with Gasteiger partial charge in [0.2, 0.25) is 0 Å². The van der Waals surface area contributed by atoms with Gasteiger partial charge in [0.25, 0.3) is 5.91 Å². The number of halogens is 1. The fourth-order valence-corrected chi connectivity index (χ4v) is 3.48. The van der Waals surface area contributed by atoms with E-state index in [0.29, 0.717) is 13.1 Å². The van der Waals surface area contributed by atoms with Gasteiger partial charge in [0.05, 0.1) is 18.4 Å². The first-order chi connectivity index (χ1) is 10.7. The fourth-order valence-electron chi connectivity index (χ4n) is 2.20. The van der Waals surface area contributed by atoms with Crippen LogP contribution in [-0.2, 0) is 13.1 Å². The maximum absolute atomic E-state index is 12.9. The van der Waals surface area contributed by atoms with Gasteiger partial charge < -0.3 is 9.32 Å². The highest BCUT2D eigenvalue weighted by Crippen LogP contribution is 2.19. The van der Waals surface area contributed by atoms with Crippen molar-refractivity contribution in [3.05, 3.63) is 79.9 Å². The molecule has 112 valence electrons. The van der Waals surface area contributed by atoms with Crippen molar-refractivity contribution in [1.29, 1.82) is 0 Å². The number of benzene rings is 1. The molecule has 3 nitrogen and oxygen atoms in total. The Bertz CT molecular complexity index is 702. The minimum Gasteiger partial charge on any atom is -0.467 e. The van der Waals surface area contributed by atoms with Crippen LogP contribution in [0.4, 0.5) is 0 Å². The molecular weight excluding hydrogens is 409 g/mol. The van der Waals surface area contributed by atoms with E-state index in [-0.39, 0.29) is 5.91 Å². The Kier molecular flexibility index (Phi) is 4.94. The predicted molar refractivity (Wildman–Crippen MR) is 95.8 cm³/mol. The van der Waals surface area contributed by atoms with E-state index in [0.717, 1.165) is 20.5 Å². The van der Waals surface area contributed by atoms with E-state index in [4.69, 9.17) is 4.42 Å². The molecule has 3 rings (SSSR count). The molecule has 0 fully saturated rings. The molecule has 22 heavy (non-hydrogen) atoms. The number of carbonyl (C=O) groups excluding carboxylic acids is 1. The Morgan fingerprint density at radius 3 is 2.68 bits per heavy atom. The first-order valence-corrected chi connectivity index (χ1v) is 8.83. The van der Waals surface area contributed by atoms with E-state index in [1.165, 1.54) is 0 Å². The van der Waals surface area contributed by atoms with Crippen molar-refractivity contribution >= 4 is 39.8 Å². The smallest absolute Gasteiger partial charge is 0.255 e. The van der Waals surface area contributed by atoms with E-state index < -0.39 is 0 Å². The van der Waals surface area contributed by atoms with Crippen LogP contribution < -0.4 is 0 Å². The molecule has 0 atom stereocenters. The molecule has 0 saturated heterocycles. The molecule has 0 aliphatic carbocycles. The van der Waals surface area contributed by atoms with Crippen LogP contribution >= 0.6 is 33.9 Å². The van der Waals surface area contributed by atoms with Crippen LogP contribution in [0.3, 0.4) is 0 Å². The minimum atomic E-state index is 0.0209. The Labute approximate surface area is 146 Å². The van der Waals surface area contributed by atoms with Crippen molar-refractivity contribution in [2.75, 3.05) is 0 Å². The lowest BCUT2D eigenvalue weighted by Gasteiger charge is -2.22. The van der Waals surface area contributed by atoms with Gasteiger partial charge in [-0.15, -0.1) is 0 Å². The number of carbonyl (C=O) groups is 1. The molecule has 1 amide bonds. The average molecular weight is 423 g/mol. The maximum Gasteiger partial charge on any atom is 0.255 e. The van der Waals surface area contributed by atoms with Crippen LogP contribution in [0.2, 0.25) is 0 Å². The number of hydrogen-bond acceptors (Lipinski definition) is 3. The van der Waals surface area contributed by atoms with Gasteiger partial charge in [-0.05, 0) is 69.2 Å². The van der Waals surface area contributed by atoms with E-state index in [9.17, 15) is 4.79 Å². The molecule has 0 N–H and O–H groups in total. The quantitative estimate of drug-likeness (QED) is 0.553. The van der Waals surface area contributed by atoms with Crippen molar-refractivity contribution in [3.8, 4) is 0 Å². The molecular formula is C17H14INO2S. The number of furan rings is 1. The molecule has 0 spiro atoms. The number of hydrogen-bond donors (Lipinski definition) is 0. The highest BCUT2D eigenvalue weighted by molar-refractivity contribution is 14.1. The second kappa shape index (κ2) is 7.11. The molecule has 2 aromatic heterocycles. The summed E-state index contributed by atoms with van der Waals surface area (Å²) >= 11 is 3.84. The van der Waals surface area contributed by atoms with E-state index in [2.05, 4.69) is 28.0 Å². The first-order valence-electron chi connectivity index (χ1n) is 6.81. The van der Waals surface area contributed by atoms with Crippen LogP contribution in [-0.4, -0.2) is 10.8 Å². The SMILES string of the molecule is O=C(c1ccccc1I)N(Cc1ccsc1)Cc1ccco1. The molecule has 0 aliphatic rings. The summed E-state index contributed by atoms with van der Waals surface area (Å²) in [5.41, 5.74) is 1.86. The van der Waals surface area contributed by atoms with E-state index in [1.807, 2.05) is 52.7 Å². The predicted octanol–water partition coefficient (Wildman–Crippen LogP) is 4.79. The first kappa shape index (κ1) is 15.3. The molecule has 0 bridgehead atoms. The number of amides is 1. The van der Waals surface area contributed by atoms with E-state index >= 15 is 0 Å². The van der Waals surface area contributed by atoms with Crippen molar-refractivity contribution in [1.82, 2.24) is 4.90 Å². The van der Waals surface area contributed by atoms with Crippen LogP contribution in [0, 0.1) is 3.57 Å². The van der Waals surface area contributed by atoms with Crippen molar-refractivity contribution in [2.45, 2.75) is 13.1 Å². The Balaban J connectivity index is 1.87. The summed E-state index contributed by atoms with van der Waals surface area (Å²) in [7, 11) is 0. The third kappa shape index (κ3) is 3.59. The number of thiophene rings is 1. The summed E-state index contributed by atoms with van der Waals surface area (Å²) in [6.07, 6.45) is 1.63. The lowest BCUT2D eigenvalue weighted by Crippen LogP contribution is -2.30. The Morgan fingerprint density at radius 1 is 1.14 bits per heavy atom. The highest BCUT2D eigenvalue weighted by Gasteiger charge is 2.19. The third-order valence-electron chi connectivity index (χ3n) is 3.27. The van der Waals surface area contributed by atoms with Crippen LogP contribution in [0.5, 0.6) is 0 Å².